The molecule has 120 valence electrons. The van der Waals surface area contributed by atoms with Crippen LogP contribution >= 0.6 is 0 Å². The van der Waals surface area contributed by atoms with Gasteiger partial charge in [-0.1, -0.05) is 6.07 Å². The highest BCUT2D eigenvalue weighted by atomic mass is 16.5. The largest absolute Gasteiger partial charge is 0.371 e. The molecule has 0 saturated carbocycles. The molecule has 0 spiro atoms. The molecule has 0 radical (unpaired) electrons. The van der Waals surface area contributed by atoms with E-state index in [4.69, 9.17) is 4.74 Å². The molecule has 0 atom stereocenters. The SMILES string of the molecule is O=C(COC1CCNCC1)Nc1cccc(N2CCCC2)c1. The van der Waals surface area contributed by atoms with Gasteiger partial charge in [0, 0.05) is 24.5 Å². The molecule has 5 heteroatoms. The number of rotatable bonds is 5. The summed E-state index contributed by atoms with van der Waals surface area (Å²) in [5.41, 5.74) is 2.04. The summed E-state index contributed by atoms with van der Waals surface area (Å²) >= 11 is 0. The fourth-order valence-corrected chi connectivity index (χ4v) is 3.11. The Morgan fingerprint density at radius 3 is 2.82 bits per heavy atom. The van der Waals surface area contributed by atoms with Gasteiger partial charge >= 0.3 is 0 Å². The lowest BCUT2D eigenvalue weighted by Crippen LogP contribution is -2.34. The van der Waals surface area contributed by atoms with E-state index in [1.807, 2.05) is 18.2 Å². The highest BCUT2D eigenvalue weighted by Gasteiger charge is 2.16. The van der Waals surface area contributed by atoms with Crippen LogP contribution in [0.4, 0.5) is 11.4 Å². The average Bonchev–Trinajstić information content (AvgIpc) is 3.09. The average molecular weight is 303 g/mol. The third-order valence-corrected chi connectivity index (χ3v) is 4.34. The first-order valence-electron chi connectivity index (χ1n) is 8.28. The van der Waals surface area contributed by atoms with Gasteiger partial charge in [-0.3, -0.25) is 4.79 Å². The molecule has 2 fully saturated rings. The third kappa shape index (κ3) is 4.21. The normalized spacial score (nSPS) is 19.4. The van der Waals surface area contributed by atoms with E-state index in [2.05, 4.69) is 21.6 Å². The molecule has 1 aromatic carbocycles. The molecule has 0 unspecified atom stereocenters. The van der Waals surface area contributed by atoms with Crippen molar-refractivity contribution in [3.8, 4) is 0 Å². The maximum Gasteiger partial charge on any atom is 0.250 e. The number of carbonyl (C=O) groups is 1. The molecule has 2 aliphatic rings. The summed E-state index contributed by atoms with van der Waals surface area (Å²) < 4.78 is 5.68. The Balaban J connectivity index is 1.49. The van der Waals surface area contributed by atoms with Crippen molar-refractivity contribution in [2.75, 3.05) is 43.0 Å². The van der Waals surface area contributed by atoms with Crippen molar-refractivity contribution >= 4 is 17.3 Å². The molecule has 5 nitrogen and oxygen atoms in total. The van der Waals surface area contributed by atoms with Crippen LogP contribution in [0.15, 0.2) is 24.3 Å². The zero-order valence-corrected chi connectivity index (χ0v) is 13.0. The van der Waals surface area contributed by atoms with Gasteiger partial charge in [0.2, 0.25) is 5.91 Å². The van der Waals surface area contributed by atoms with E-state index in [1.54, 1.807) is 0 Å². The zero-order chi connectivity index (χ0) is 15.2. The van der Waals surface area contributed by atoms with Crippen molar-refractivity contribution in [1.29, 1.82) is 0 Å². The van der Waals surface area contributed by atoms with Crippen molar-refractivity contribution in [2.24, 2.45) is 0 Å². The second-order valence-corrected chi connectivity index (χ2v) is 6.05. The molecule has 2 saturated heterocycles. The number of carbonyl (C=O) groups excluding carboxylic acids is 1. The smallest absolute Gasteiger partial charge is 0.250 e. The van der Waals surface area contributed by atoms with Crippen molar-refractivity contribution in [2.45, 2.75) is 31.8 Å². The Labute approximate surface area is 132 Å². The predicted octanol–water partition coefficient (Wildman–Crippen LogP) is 1.99. The topological polar surface area (TPSA) is 53.6 Å². The van der Waals surface area contributed by atoms with E-state index in [0.717, 1.165) is 44.7 Å². The molecular formula is C17H25N3O2. The van der Waals surface area contributed by atoms with Crippen molar-refractivity contribution in [3.63, 3.8) is 0 Å². The van der Waals surface area contributed by atoms with Gasteiger partial charge in [-0.25, -0.2) is 0 Å². The molecule has 1 amide bonds. The minimum absolute atomic E-state index is 0.0721. The molecule has 2 aliphatic heterocycles. The van der Waals surface area contributed by atoms with E-state index < -0.39 is 0 Å². The molecule has 1 aromatic rings. The number of benzene rings is 1. The first kappa shape index (κ1) is 15.3. The summed E-state index contributed by atoms with van der Waals surface area (Å²) in [6.07, 6.45) is 4.68. The van der Waals surface area contributed by atoms with E-state index in [-0.39, 0.29) is 18.6 Å². The van der Waals surface area contributed by atoms with Crippen LogP contribution in [-0.2, 0) is 9.53 Å². The number of hydrogen-bond acceptors (Lipinski definition) is 4. The maximum absolute atomic E-state index is 12.0. The molecule has 0 aliphatic carbocycles. The van der Waals surface area contributed by atoms with E-state index in [1.165, 1.54) is 18.5 Å². The molecular weight excluding hydrogens is 278 g/mol. The first-order chi connectivity index (χ1) is 10.8. The second kappa shape index (κ2) is 7.61. The van der Waals surface area contributed by atoms with Crippen LogP contribution in [0.3, 0.4) is 0 Å². The maximum atomic E-state index is 12.0. The van der Waals surface area contributed by atoms with Gasteiger partial charge in [0.1, 0.15) is 6.61 Å². The van der Waals surface area contributed by atoms with Crippen LogP contribution in [0, 0.1) is 0 Å². The summed E-state index contributed by atoms with van der Waals surface area (Å²) in [7, 11) is 0. The van der Waals surface area contributed by atoms with E-state index in [9.17, 15) is 4.79 Å². The van der Waals surface area contributed by atoms with Crippen molar-refractivity contribution in [3.05, 3.63) is 24.3 Å². The van der Waals surface area contributed by atoms with Gasteiger partial charge < -0.3 is 20.3 Å². The number of anilines is 2. The molecule has 0 aromatic heterocycles. The summed E-state index contributed by atoms with van der Waals surface area (Å²) in [6, 6.07) is 8.08. The molecule has 0 bridgehead atoms. The molecule has 22 heavy (non-hydrogen) atoms. The monoisotopic (exact) mass is 303 g/mol. The Morgan fingerprint density at radius 2 is 2.05 bits per heavy atom. The minimum Gasteiger partial charge on any atom is -0.371 e. The lowest BCUT2D eigenvalue weighted by atomic mass is 10.1. The standard InChI is InChI=1S/C17H25N3O2/c21-17(13-22-16-6-8-18-9-7-16)19-14-4-3-5-15(12-14)20-10-1-2-11-20/h3-5,12,16,18H,1-2,6-11,13H2,(H,19,21). The Hall–Kier alpha value is -1.59. The van der Waals surface area contributed by atoms with E-state index >= 15 is 0 Å². The van der Waals surface area contributed by atoms with Crippen LogP contribution < -0.4 is 15.5 Å². The first-order valence-corrected chi connectivity index (χ1v) is 8.28. The van der Waals surface area contributed by atoms with Crippen molar-refractivity contribution < 1.29 is 9.53 Å². The number of hydrogen-bond donors (Lipinski definition) is 2. The Kier molecular flexibility index (Phi) is 5.29. The van der Waals surface area contributed by atoms with Crippen LogP contribution in [0.5, 0.6) is 0 Å². The van der Waals surface area contributed by atoms with Gasteiger partial charge in [-0.15, -0.1) is 0 Å². The quantitative estimate of drug-likeness (QED) is 0.873. The fraction of sp³-hybridized carbons (Fsp3) is 0.588. The molecule has 3 rings (SSSR count). The van der Waals surface area contributed by atoms with Gasteiger partial charge in [0.25, 0.3) is 0 Å². The van der Waals surface area contributed by atoms with Crippen molar-refractivity contribution in [1.82, 2.24) is 5.32 Å². The van der Waals surface area contributed by atoms with Crippen LogP contribution in [0.25, 0.3) is 0 Å². The number of amides is 1. The molecule has 2 N–H and O–H groups in total. The summed E-state index contributed by atoms with van der Waals surface area (Å²) in [5.74, 6) is -0.0721. The van der Waals surface area contributed by atoms with Crippen LogP contribution in [0.2, 0.25) is 0 Å². The van der Waals surface area contributed by atoms with Gasteiger partial charge in [0.15, 0.2) is 0 Å². The lowest BCUT2D eigenvalue weighted by molar-refractivity contribution is -0.123. The Morgan fingerprint density at radius 1 is 1.27 bits per heavy atom. The summed E-state index contributed by atoms with van der Waals surface area (Å²) in [4.78, 5) is 14.4. The van der Waals surface area contributed by atoms with Gasteiger partial charge in [0.05, 0.1) is 6.10 Å². The predicted molar refractivity (Wildman–Crippen MR) is 88.4 cm³/mol. The number of ether oxygens (including phenoxy) is 1. The van der Waals surface area contributed by atoms with Gasteiger partial charge in [-0.2, -0.15) is 0 Å². The zero-order valence-electron chi connectivity index (χ0n) is 13.0. The number of piperidine rings is 1. The number of nitrogens with one attached hydrogen (secondary N) is 2. The van der Waals surface area contributed by atoms with E-state index in [0.29, 0.717) is 0 Å². The highest BCUT2D eigenvalue weighted by molar-refractivity contribution is 5.92. The van der Waals surface area contributed by atoms with Crippen LogP contribution in [-0.4, -0.2) is 44.8 Å². The van der Waals surface area contributed by atoms with Gasteiger partial charge in [-0.05, 0) is 57.0 Å². The minimum atomic E-state index is -0.0721. The fourth-order valence-electron chi connectivity index (χ4n) is 3.11. The lowest BCUT2D eigenvalue weighted by Gasteiger charge is -2.22. The number of nitrogens with zero attached hydrogens (tertiary/aromatic N) is 1. The third-order valence-electron chi connectivity index (χ3n) is 4.34. The summed E-state index contributed by atoms with van der Waals surface area (Å²) in [6.45, 7) is 4.30. The highest BCUT2D eigenvalue weighted by Crippen LogP contribution is 2.23. The Bertz CT molecular complexity index is 494. The second-order valence-electron chi connectivity index (χ2n) is 6.05. The molecule has 2 heterocycles. The van der Waals surface area contributed by atoms with Crippen LogP contribution in [0.1, 0.15) is 25.7 Å². The summed E-state index contributed by atoms with van der Waals surface area (Å²) in [5, 5.41) is 6.23.